The smallest absolute Gasteiger partial charge is 0.308 e. The lowest BCUT2D eigenvalue weighted by Gasteiger charge is -2.39. The molecule has 0 spiro atoms. The third kappa shape index (κ3) is 3.14. The van der Waals surface area contributed by atoms with Gasteiger partial charge < -0.3 is 14.8 Å². The average molecular weight is 334 g/mol. The first-order chi connectivity index (χ1) is 11.0. The van der Waals surface area contributed by atoms with Crippen LogP contribution in [0.5, 0.6) is 0 Å². The number of nitrogens with zero attached hydrogens (tertiary/aromatic N) is 1. The molecule has 0 aromatic carbocycles. The van der Waals surface area contributed by atoms with Gasteiger partial charge in [-0.25, -0.2) is 4.98 Å². The van der Waals surface area contributed by atoms with E-state index in [1.165, 1.54) is 17.5 Å². The van der Waals surface area contributed by atoms with Crippen LogP contribution in [0.25, 0.3) is 10.8 Å². The van der Waals surface area contributed by atoms with E-state index < -0.39 is 17.4 Å². The lowest BCUT2D eigenvalue weighted by atomic mass is 9.74. The van der Waals surface area contributed by atoms with Crippen LogP contribution in [0.4, 0.5) is 0 Å². The summed E-state index contributed by atoms with van der Waals surface area (Å²) >= 11 is 1.23. The molecule has 122 valence electrons. The zero-order valence-electron chi connectivity index (χ0n) is 12.7. The lowest BCUT2D eigenvalue weighted by molar-refractivity contribution is -0.145. The molecule has 1 amide bonds. The number of furan rings is 1. The second-order valence-corrected chi connectivity index (χ2v) is 7.05. The normalized spacial score (nSPS) is 24.3. The summed E-state index contributed by atoms with van der Waals surface area (Å²) in [6.45, 7) is 1.82. The number of hydrogen-bond donors (Lipinski definition) is 2. The van der Waals surface area contributed by atoms with E-state index >= 15 is 0 Å². The van der Waals surface area contributed by atoms with Crippen LogP contribution in [0, 0.1) is 5.92 Å². The Labute approximate surface area is 137 Å². The molecular formula is C16H18N2O4S. The molecule has 2 aromatic rings. The number of amides is 1. The van der Waals surface area contributed by atoms with E-state index in [-0.39, 0.29) is 5.91 Å². The minimum atomic E-state index is -0.854. The van der Waals surface area contributed by atoms with E-state index in [2.05, 4.69) is 10.3 Å². The standard InChI is InChI=1S/C16H18N2O4S/c1-16(7-3-2-5-10(16)15(20)21)18-13(19)12-9-17-14(23-12)11-6-4-8-22-11/h4,6,8-10H,2-3,5,7H2,1H3,(H,18,19)(H,20,21). The topological polar surface area (TPSA) is 92.4 Å². The quantitative estimate of drug-likeness (QED) is 0.896. The Bertz CT molecular complexity index is 709. The monoisotopic (exact) mass is 334 g/mol. The van der Waals surface area contributed by atoms with Crippen molar-refractivity contribution < 1.29 is 19.1 Å². The van der Waals surface area contributed by atoms with Gasteiger partial charge in [-0.15, -0.1) is 11.3 Å². The van der Waals surface area contributed by atoms with Crippen LogP contribution in [0.15, 0.2) is 29.0 Å². The molecule has 6 nitrogen and oxygen atoms in total. The van der Waals surface area contributed by atoms with Gasteiger partial charge in [-0.05, 0) is 31.9 Å². The first-order valence-corrected chi connectivity index (χ1v) is 8.36. The van der Waals surface area contributed by atoms with E-state index in [1.807, 2.05) is 6.92 Å². The first kappa shape index (κ1) is 15.7. The molecule has 2 atom stereocenters. The lowest BCUT2D eigenvalue weighted by Crippen LogP contribution is -2.55. The number of carboxylic acids is 1. The molecule has 0 saturated heterocycles. The fourth-order valence-electron chi connectivity index (χ4n) is 3.09. The number of rotatable bonds is 4. The Morgan fingerprint density at radius 3 is 3.00 bits per heavy atom. The van der Waals surface area contributed by atoms with Gasteiger partial charge in [0.05, 0.1) is 23.9 Å². The maximum absolute atomic E-state index is 12.5. The molecule has 2 N–H and O–H groups in total. The Kier molecular flexibility index (Phi) is 4.21. The van der Waals surface area contributed by atoms with Gasteiger partial charge in [0.1, 0.15) is 4.88 Å². The highest BCUT2D eigenvalue weighted by Gasteiger charge is 2.42. The number of carbonyl (C=O) groups excluding carboxylic acids is 1. The van der Waals surface area contributed by atoms with Crippen LogP contribution in [0.1, 0.15) is 42.3 Å². The van der Waals surface area contributed by atoms with Crippen molar-refractivity contribution in [2.45, 2.75) is 38.1 Å². The molecular weight excluding hydrogens is 316 g/mol. The van der Waals surface area contributed by atoms with Crippen molar-refractivity contribution in [1.82, 2.24) is 10.3 Å². The number of carboxylic acid groups (broad SMARTS) is 1. The zero-order chi connectivity index (χ0) is 16.4. The van der Waals surface area contributed by atoms with Gasteiger partial charge in [-0.2, -0.15) is 0 Å². The molecule has 2 heterocycles. The average Bonchev–Trinajstić information content (AvgIpc) is 3.18. The highest BCUT2D eigenvalue weighted by Crippen LogP contribution is 2.34. The van der Waals surface area contributed by atoms with Crippen LogP contribution < -0.4 is 5.32 Å². The summed E-state index contributed by atoms with van der Waals surface area (Å²) in [6, 6.07) is 3.54. The van der Waals surface area contributed by atoms with Gasteiger partial charge in [0.15, 0.2) is 10.8 Å². The molecule has 1 aliphatic rings. The minimum Gasteiger partial charge on any atom is -0.481 e. The van der Waals surface area contributed by atoms with Gasteiger partial charge in [-0.3, -0.25) is 9.59 Å². The largest absolute Gasteiger partial charge is 0.481 e. The van der Waals surface area contributed by atoms with E-state index in [1.54, 1.807) is 18.4 Å². The van der Waals surface area contributed by atoms with Crippen LogP contribution in [0.3, 0.4) is 0 Å². The number of thiazole rings is 1. The zero-order valence-corrected chi connectivity index (χ0v) is 13.6. The Balaban J connectivity index is 1.77. The molecule has 3 rings (SSSR count). The molecule has 1 saturated carbocycles. The van der Waals surface area contributed by atoms with Crippen LogP contribution in [-0.4, -0.2) is 27.5 Å². The van der Waals surface area contributed by atoms with Crippen LogP contribution in [-0.2, 0) is 4.79 Å². The number of hydrogen-bond acceptors (Lipinski definition) is 5. The summed E-state index contributed by atoms with van der Waals surface area (Å²) in [6.07, 6.45) is 6.11. The summed E-state index contributed by atoms with van der Waals surface area (Å²) in [5.41, 5.74) is -0.726. The van der Waals surface area contributed by atoms with Crippen molar-refractivity contribution in [2.75, 3.05) is 0 Å². The summed E-state index contributed by atoms with van der Waals surface area (Å²) in [5.74, 6) is -1.08. The second-order valence-electron chi connectivity index (χ2n) is 6.02. The van der Waals surface area contributed by atoms with E-state index in [0.29, 0.717) is 28.5 Å². The number of aromatic nitrogens is 1. The first-order valence-electron chi connectivity index (χ1n) is 7.54. The predicted molar refractivity (Wildman–Crippen MR) is 85.3 cm³/mol. The van der Waals surface area contributed by atoms with E-state index in [0.717, 1.165) is 12.8 Å². The van der Waals surface area contributed by atoms with Gasteiger partial charge >= 0.3 is 5.97 Å². The predicted octanol–water partition coefficient (Wildman–Crippen LogP) is 3.17. The summed E-state index contributed by atoms with van der Waals surface area (Å²) in [4.78, 5) is 28.6. The maximum atomic E-state index is 12.5. The van der Waals surface area contributed by atoms with Crippen molar-refractivity contribution in [2.24, 2.45) is 5.92 Å². The van der Waals surface area contributed by atoms with E-state index in [9.17, 15) is 14.7 Å². The minimum absolute atomic E-state index is 0.282. The number of nitrogens with one attached hydrogen (secondary N) is 1. The third-order valence-corrected chi connectivity index (χ3v) is 5.38. The van der Waals surface area contributed by atoms with Gasteiger partial charge in [0, 0.05) is 0 Å². The molecule has 23 heavy (non-hydrogen) atoms. The van der Waals surface area contributed by atoms with E-state index in [4.69, 9.17) is 4.42 Å². The maximum Gasteiger partial charge on any atom is 0.308 e. The molecule has 7 heteroatoms. The Hall–Kier alpha value is -2.15. The molecule has 0 radical (unpaired) electrons. The summed E-state index contributed by atoms with van der Waals surface area (Å²) < 4.78 is 5.27. The van der Waals surface area contributed by atoms with Crippen molar-refractivity contribution in [3.05, 3.63) is 29.5 Å². The SMILES string of the molecule is CC1(NC(=O)c2cnc(-c3ccco3)s2)CCCCC1C(=O)O. The van der Waals surface area contributed by atoms with Crippen molar-refractivity contribution in [3.63, 3.8) is 0 Å². The van der Waals surface area contributed by atoms with Crippen LogP contribution in [0.2, 0.25) is 0 Å². The highest BCUT2D eigenvalue weighted by atomic mass is 32.1. The van der Waals surface area contributed by atoms with Crippen molar-refractivity contribution >= 4 is 23.2 Å². The van der Waals surface area contributed by atoms with Crippen LogP contribution >= 0.6 is 11.3 Å². The Morgan fingerprint density at radius 2 is 2.30 bits per heavy atom. The molecule has 1 fully saturated rings. The van der Waals surface area contributed by atoms with Crippen molar-refractivity contribution in [3.8, 4) is 10.8 Å². The molecule has 0 bridgehead atoms. The molecule has 1 aliphatic carbocycles. The third-order valence-electron chi connectivity index (χ3n) is 4.37. The van der Waals surface area contributed by atoms with Crippen molar-refractivity contribution in [1.29, 1.82) is 0 Å². The molecule has 2 aromatic heterocycles. The number of aliphatic carboxylic acids is 1. The highest BCUT2D eigenvalue weighted by molar-refractivity contribution is 7.16. The fourth-order valence-corrected chi connectivity index (χ4v) is 3.87. The Morgan fingerprint density at radius 1 is 1.48 bits per heavy atom. The fraction of sp³-hybridized carbons (Fsp3) is 0.438. The van der Waals surface area contributed by atoms with Gasteiger partial charge in [0.2, 0.25) is 0 Å². The van der Waals surface area contributed by atoms with Gasteiger partial charge in [-0.1, -0.05) is 12.8 Å². The summed E-state index contributed by atoms with van der Waals surface area (Å²) in [5, 5.41) is 13.0. The molecule has 0 aliphatic heterocycles. The van der Waals surface area contributed by atoms with Gasteiger partial charge in [0.25, 0.3) is 5.91 Å². The second kappa shape index (κ2) is 6.16. The summed E-state index contributed by atoms with van der Waals surface area (Å²) in [7, 11) is 0. The number of carbonyl (C=O) groups is 2. The molecule has 2 unspecified atom stereocenters.